The van der Waals surface area contributed by atoms with Crippen molar-refractivity contribution in [3.8, 4) is 0 Å². The number of pyridine rings is 1. The molecule has 2 heterocycles. The largest absolute Gasteiger partial charge is 0.384 e. The fraction of sp³-hybridized carbons (Fsp3) is 0.308. The van der Waals surface area contributed by atoms with Crippen LogP contribution in [-0.2, 0) is 12.1 Å². The zero-order chi connectivity index (χ0) is 11.6. The minimum Gasteiger partial charge on any atom is -0.384 e. The SMILES string of the molecule is CC(C)(O)c1cccc(Cn2cccc2)n1. The Balaban J connectivity index is 2.23. The van der Waals surface area contributed by atoms with Crippen molar-refractivity contribution in [1.29, 1.82) is 0 Å². The first-order chi connectivity index (χ1) is 7.55. The highest BCUT2D eigenvalue weighted by molar-refractivity contribution is 5.16. The van der Waals surface area contributed by atoms with E-state index < -0.39 is 5.60 Å². The lowest BCUT2D eigenvalue weighted by Gasteiger charge is -2.17. The van der Waals surface area contributed by atoms with Crippen molar-refractivity contribution in [2.24, 2.45) is 0 Å². The quantitative estimate of drug-likeness (QED) is 0.853. The van der Waals surface area contributed by atoms with Crippen LogP contribution in [0.1, 0.15) is 25.2 Å². The molecular weight excluding hydrogens is 200 g/mol. The summed E-state index contributed by atoms with van der Waals surface area (Å²) < 4.78 is 2.05. The molecule has 0 radical (unpaired) electrons. The van der Waals surface area contributed by atoms with Gasteiger partial charge in [0, 0.05) is 12.4 Å². The summed E-state index contributed by atoms with van der Waals surface area (Å²) in [6.07, 6.45) is 4.00. The Hall–Kier alpha value is -1.61. The van der Waals surface area contributed by atoms with Gasteiger partial charge in [-0.1, -0.05) is 6.07 Å². The van der Waals surface area contributed by atoms with Crippen molar-refractivity contribution in [3.63, 3.8) is 0 Å². The molecular formula is C13H16N2O. The third kappa shape index (κ3) is 2.49. The van der Waals surface area contributed by atoms with Crippen molar-refractivity contribution in [3.05, 3.63) is 54.1 Å². The van der Waals surface area contributed by atoms with E-state index in [1.807, 2.05) is 42.7 Å². The molecule has 0 aliphatic carbocycles. The highest BCUT2D eigenvalue weighted by Gasteiger charge is 2.17. The number of hydrogen-bond donors (Lipinski definition) is 1. The maximum absolute atomic E-state index is 9.87. The smallest absolute Gasteiger partial charge is 0.101 e. The predicted octanol–water partition coefficient (Wildman–Crippen LogP) is 2.16. The van der Waals surface area contributed by atoms with Crippen molar-refractivity contribution < 1.29 is 5.11 Å². The monoisotopic (exact) mass is 216 g/mol. The summed E-state index contributed by atoms with van der Waals surface area (Å²) in [6.45, 7) is 4.22. The Bertz CT molecular complexity index is 455. The molecule has 0 atom stereocenters. The van der Waals surface area contributed by atoms with Crippen molar-refractivity contribution in [2.75, 3.05) is 0 Å². The van der Waals surface area contributed by atoms with Crippen LogP contribution in [0.5, 0.6) is 0 Å². The lowest BCUT2D eigenvalue weighted by molar-refractivity contribution is 0.0736. The van der Waals surface area contributed by atoms with Gasteiger partial charge in [0.05, 0.1) is 17.9 Å². The van der Waals surface area contributed by atoms with E-state index >= 15 is 0 Å². The number of nitrogens with zero attached hydrogens (tertiary/aromatic N) is 2. The van der Waals surface area contributed by atoms with Crippen LogP contribution in [0.2, 0.25) is 0 Å². The van der Waals surface area contributed by atoms with E-state index in [4.69, 9.17) is 0 Å². The van der Waals surface area contributed by atoms with E-state index in [1.54, 1.807) is 13.8 Å². The molecule has 2 aromatic heterocycles. The number of hydrogen-bond acceptors (Lipinski definition) is 2. The van der Waals surface area contributed by atoms with E-state index in [-0.39, 0.29) is 0 Å². The molecule has 3 heteroatoms. The first-order valence-electron chi connectivity index (χ1n) is 5.35. The second-order valence-electron chi connectivity index (χ2n) is 4.43. The molecule has 84 valence electrons. The molecule has 0 aliphatic rings. The molecule has 0 unspecified atom stereocenters. The van der Waals surface area contributed by atoms with Crippen LogP contribution in [0.15, 0.2) is 42.7 Å². The van der Waals surface area contributed by atoms with Gasteiger partial charge in [-0.2, -0.15) is 0 Å². The summed E-state index contributed by atoms with van der Waals surface area (Å²) in [4.78, 5) is 4.45. The van der Waals surface area contributed by atoms with Crippen molar-refractivity contribution in [1.82, 2.24) is 9.55 Å². The van der Waals surface area contributed by atoms with Gasteiger partial charge in [0.1, 0.15) is 5.60 Å². The van der Waals surface area contributed by atoms with Gasteiger partial charge in [0.2, 0.25) is 0 Å². The second kappa shape index (κ2) is 4.10. The molecule has 0 aromatic carbocycles. The van der Waals surface area contributed by atoms with Crippen LogP contribution >= 0.6 is 0 Å². The van der Waals surface area contributed by atoms with Crippen LogP contribution in [0, 0.1) is 0 Å². The first kappa shape index (κ1) is 10.9. The number of aromatic nitrogens is 2. The summed E-state index contributed by atoms with van der Waals surface area (Å²) in [7, 11) is 0. The predicted molar refractivity (Wildman–Crippen MR) is 63.0 cm³/mol. The summed E-state index contributed by atoms with van der Waals surface area (Å²) in [6, 6.07) is 9.72. The summed E-state index contributed by atoms with van der Waals surface area (Å²) in [5.74, 6) is 0. The van der Waals surface area contributed by atoms with Gasteiger partial charge in [-0.05, 0) is 38.1 Å². The molecule has 2 rings (SSSR count). The number of rotatable bonds is 3. The normalized spacial score (nSPS) is 11.7. The average molecular weight is 216 g/mol. The molecule has 3 nitrogen and oxygen atoms in total. The second-order valence-corrected chi connectivity index (χ2v) is 4.43. The minimum absolute atomic E-state index is 0.706. The summed E-state index contributed by atoms with van der Waals surface area (Å²) in [5, 5.41) is 9.87. The Morgan fingerprint density at radius 2 is 1.88 bits per heavy atom. The van der Waals surface area contributed by atoms with Gasteiger partial charge in [-0.15, -0.1) is 0 Å². The first-order valence-corrected chi connectivity index (χ1v) is 5.35. The Morgan fingerprint density at radius 3 is 2.50 bits per heavy atom. The van der Waals surface area contributed by atoms with Gasteiger partial charge in [-0.3, -0.25) is 4.98 Å². The maximum Gasteiger partial charge on any atom is 0.101 e. The van der Waals surface area contributed by atoms with E-state index in [9.17, 15) is 5.11 Å². The van der Waals surface area contributed by atoms with Crippen LogP contribution in [0.4, 0.5) is 0 Å². The van der Waals surface area contributed by atoms with E-state index in [0.29, 0.717) is 5.69 Å². The molecule has 0 aliphatic heterocycles. The van der Waals surface area contributed by atoms with E-state index in [0.717, 1.165) is 12.2 Å². The van der Waals surface area contributed by atoms with Gasteiger partial charge in [0.25, 0.3) is 0 Å². The zero-order valence-corrected chi connectivity index (χ0v) is 9.59. The lowest BCUT2D eigenvalue weighted by Crippen LogP contribution is -2.18. The highest BCUT2D eigenvalue weighted by Crippen LogP contribution is 2.17. The summed E-state index contributed by atoms with van der Waals surface area (Å²) in [5.41, 5.74) is 0.778. The van der Waals surface area contributed by atoms with Crippen LogP contribution in [0.25, 0.3) is 0 Å². The van der Waals surface area contributed by atoms with Crippen LogP contribution in [-0.4, -0.2) is 14.7 Å². The van der Waals surface area contributed by atoms with Gasteiger partial charge < -0.3 is 9.67 Å². The van der Waals surface area contributed by atoms with E-state index in [1.165, 1.54) is 0 Å². The van der Waals surface area contributed by atoms with Gasteiger partial charge in [-0.25, -0.2) is 0 Å². The molecule has 0 fully saturated rings. The van der Waals surface area contributed by atoms with Crippen LogP contribution < -0.4 is 0 Å². The summed E-state index contributed by atoms with van der Waals surface area (Å²) >= 11 is 0. The molecule has 0 saturated carbocycles. The average Bonchev–Trinajstić information content (AvgIpc) is 2.70. The standard InChI is InChI=1S/C13H16N2O/c1-13(2,16)12-7-5-6-11(14-12)10-15-8-3-4-9-15/h3-9,16H,10H2,1-2H3. The maximum atomic E-state index is 9.87. The van der Waals surface area contributed by atoms with E-state index in [2.05, 4.69) is 9.55 Å². The van der Waals surface area contributed by atoms with Gasteiger partial charge in [0.15, 0.2) is 0 Å². The molecule has 1 N–H and O–H groups in total. The third-order valence-electron chi connectivity index (χ3n) is 2.44. The topological polar surface area (TPSA) is 38.0 Å². The molecule has 0 bridgehead atoms. The van der Waals surface area contributed by atoms with Gasteiger partial charge >= 0.3 is 0 Å². The fourth-order valence-electron chi connectivity index (χ4n) is 1.57. The molecule has 0 spiro atoms. The van der Waals surface area contributed by atoms with Crippen LogP contribution in [0.3, 0.4) is 0 Å². The highest BCUT2D eigenvalue weighted by atomic mass is 16.3. The fourth-order valence-corrected chi connectivity index (χ4v) is 1.57. The third-order valence-corrected chi connectivity index (χ3v) is 2.44. The minimum atomic E-state index is -0.882. The molecule has 2 aromatic rings. The Kier molecular flexibility index (Phi) is 2.79. The van der Waals surface area contributed by atoms with Crippen molar-refractivity contribution >= 4 is 0 Å². The zero-order valence-electron chi connectivity index (χ0n) is 9.59. The molecule has 0 saturated heterocycles. The number of aliphatic hydroxyl groups is 1. The van der Waals surface area contributed by atoms with Crippen molar-refractivity contribution in [2.45, 2.75) is 26.0 Å². The Morgan fingerprint density at radius 1 is 1.19 bits per heavy atom. The molecule has 0 amide bonds. The lowest BCUT2D eigenvalue weighted by atomic mass is 10.0. The Labute approximate surface area is 95.4 Å². The molecule has 16 heavy (non-hydrogen) atoms.